The first-order valence-corrected chi connectivity index (χ1v) is 9.92. The molecule has 0 unspecified atom stereocenters. The molecule has 4 rings (SSSR count). The number of fused-ring (bicyclic) bond motifs is 1. The minimum absolute atomic E-state index is 0.0190. The number of nitrogens with one attached hydrogen (secondary N) is 1. The summed E-state index contributed by atoms with van der Waals surface area (Å²) in [6.45, 7) is 1.11. The van der Waals surface area contributed by atoms with Crippen molar-refractivity contribution in [1.82, 2.24) is 19.9 Å². The van der Waals surface area contributed by atoms with Crippen LogP contribution in [0.5, 0.6) is 0 Å². The maximum atomic E-state index is 12.8. The van der Waals surface area contributed by atoms with Crippen LogP contribution in [0.2, 0.25) is 0 Å². The highest BCUT2D eigenvalue weighted by atomic mass is 16.5. The molecule has 3 heterocycles. The molecule has 0 aliphatic carbocycles. The van der Waals surface area contributed by atoms with E-state index in [1.807, 2.05) is 6.07 Å². The van der Waals surface area contributed by atoms with Crippen molar-refractivity contribution in [2.24, 2.45) is 0 Å². The van der Waals surface area contributed by atoms with Gasteiger partial charge in [-0.15, -0.1) is 0 Å². The number of aryl methyl sites for hydroxylation is 1. The summed E-state index contributed by atoms with van der Waals surface area (Å²) >= 11 is 0. The summed E-state index contributed by atoms with van der Waals surface area (Å²) in [4.78, 5) is 26.2. The van der Waals surface area contributed by atoms with Gasteiger partial charge in [0.2, 0.25) is 11.9 Å². The third kappa shape index (κ3) is 4.15. The van der Waals surface area contributed by atoms with Crippen LogP contribution in [0.1, 0.15) is 5.89 Å². The molecular weight excluding hydrogens is 421 g/mol. The maximum Gasteiger partial charge on any atom is 0.240 e. The molecule has 0 bridgehead atoms. The van der Waals surface area contributed by atoms with Gasteiger partial charge in [-0.3, -0.25) is 10.1 Å². The Bertz CT molecular complexity index is 1240. The van der Waals surface area contributed by atoms with Crippen LogP contribution < -0.4 is 5.32 Å². The standard InChI is InChI=1S/C18H11B8N5O3/c1-8-27-6-12(33-8)9-2-3-10-5-28-14(29-11(10)4-9)30-13(32)7-31-15(19,20)17(23,24)34-18(25,26)16(31,21)22/h2-6H,7H2,1H3,(H,28,29,30,32). The second-order valence-electron chi connectivity index (χ2n) is 8.18. The Balaban J connectivity index is 1.58. The van der Waals surface area contributed by atoms with E-state index >= 15 is 0 Å². The van der Waals surface area contributed by atoms with Crippen LogP contribution in [-0.4, -0.2) is 117 Å². The SMILES string of the molecule is [B]C1([B])OC([B])([B])C([B])([B])N(CC(=O)Nc2ncc3ccc(-c4cnc(C)o4)cc3n2)C1([B])[B]. The molecule has 1 fully saturated rings. The van der Waals surface area contributed by atoms with Crippen molar-refractivity contribution in [3.8, 4) is 11.3 Å². The molecule has 2 aromatic heterocycles. The number of hydrogen-bond acceptors (Lipinski definition) is 7. The first-order chi connectivity index (χ1) is 15.6. The average molecular weight is 432 g/mol. The predicted octanol–water partition coefficient (Wildman–Crippen LogP) is -2.17. The van der Waals surface area contributed by atoms with Gasteiger partial charge in [-0.05, 0) is 27.5 Å². The van der Waals surface area contributed by atoms with E-state index in [1.165, 1.54) is 6.20 Å². The van der Waals surface area contributed by atoms with Gasteiger partial charge in [0.1, 0.15) is 0 Å². The predicted molar refractivity (Wildman–Crippen MR) is 133 cm³/mol. The zero-order valence-electron chi connectivity index (χ0n) is 18.2. The lowest BCUT2D eigenvalue weighted by molar-refractivity contribution is -0.131. The fourth-order valence-electron chi connectivity index (χ4n) is 3.47. The fraction of sp³-hybridized carbons (Fsp3) is 0.333. The van der Waals surface area contributed by atoms with Crippen LogP contribution in [0.4, 0.5) is 5.95 Å². The zero-order valence-corrected chi connectivity index (χ0v) is 18.2. The molecule has 1 aliphatic heterocycles. The van der Waals surface area contributed by atoms with Gasteiger partial charge in [0.05, 0.1) is 81.0 Å². The zero-order chi connectivity index (χ0) is 25.1. The number of anilines is 1. The molecule has 16 heteroatoms. The molecule has 1 aromatic carbocycles. The van der Waals surface area contributed by atoms with Gasteiger partial charge in [-0.25, -0.2) is 15.0 Å². The number of ether oxygens (including phenoxy) is 1. The lowest BCUT2D eigenvalue weighted by Crippen LogP contribution is -2.86. The van der Waals surface area contributed by atoms with E-state index in [9.17, 15) is 4.79 Å². The average Bonchev–Trinajstić information content (AvgIpc) is 3.16. The van der Waals surface area contributed by atoms with Gasteiger partial charge in [0.15, 0.2) is 11.7 Å². The van der Waals surface area contributed by atoms with Crippen LogP contribution in [0, 0.1) is 6.92 Å². The van der Waals surface area contributed by atoms with E-state index in [4.69, 9.17) is 71.9 Å². The minimum Gasteiger partial charge on any atom is -0.441 e. The van der Waals surface area contributed by atoms with Crippen molar-refractivity contribution in [3.05, 3.63) is 36.5 Å². The normalized spacial score (nSPS) is 20.6. The number of nitrogens with zero attached hydrogens (tertiary/aromatic N) is 4. The first kappa shape index (κ1) is 24.8. The van der Waals surface area contributed by atoms with Crippen molar-refractivity contribution < 1.29 is 13.9 Å². The van der Waals surface area contributed by atoms with Gasteiger partial charge >= 0.3 is 0 Å². The molecule has 0 saturated carbocycles. The lowest BCUT2D eigenvalue weighted by atomic mass is 9.30. The molecule has 150 valence electrons. The number of rotatable bonds is 4. The van der Waals surface area contributed by atoms with Crippen molar-refractivity contribution in [2.45, 2.75) is 28.4 Å². The summed E-state index contributed by atoms with van der Waals surface area (Å²) < 4.78 is 10.7. The number of aromatic nitrogens is 3. The van der Waals surface area contributed by atoms with Crippen LogP contribution in [0.15, 0.2) is 35.0 Å². The Hall–Kier alpha value is -2.32. The summed E-state index contributed by atoms with van der Waals surface area (Å²) in [6.07, 6.45) is 3.13. The summed E-state index contributed by atoms with van der Waals surface area (Å²) in [5.74, 6) is 0.364. The van der Waals surface area contributed by atoms with Crippen molar-refractivity contribution in [1.29, 1.82) is 0 Å². The molecule has 0 atom stereocenters. The van der Waals surface area contributed by atoms with Gasteiger partial charge in [-0.2, -0.15) is 0 Å². The number of carbonyl (C=O) groups is 1. The summed E-state index contributed by atoms with van der Waals surface area (Å²) in [5.41, 5.74) is 1.28. The summed E-state index contributed by atoms with van der Waals surface area (Å²) in [6, 6.07) is 5.41. The Morgan fingerprint density at radius 3 is 2.24 bits per heavy atom. The largest absolute Gasteiger partial charge is 0.441 e. The Labute approximate surface area is 207 Å². The van der Waals surface area contributed by atoms with E-state index in [0.717, 1.165) is 15.8 Å². The Morgan fingerprint density at radius 2 is 1.65 bits per heavy atom. The Morgan fingerprint density at radius 1 is 1.00 bits per heavy atom. The molecule has 1 saturated heterocycles. The number of oxazole rings is 1. The highest BCUT2D eigenvalue weighted by Gasteiger charge is 2.57. The van der Waals surface area contributed by atoms with E-state index < -0.39 is 33.9 Å². The molecule has 8 nitrogen and oxygen atoms in total. The second-order valence-corrected chi connectivity index (χ2v) is 8.18. The number of carbonyl (C=O) groups excluding carboxylic acids is 1. The summed E-state index contributed by atoms with van der Waals surface area (Å²) in [7, 11) is 47.4. The van der Waals surface area contributed by atoms with Crippen molar-refractivity contribution >= 4 is 85.5 Å². The highest BCUT2D eigenvalue weighted by molar-refractivity contribution is 6.59. The maximum absolute atomic E-state index is 12.8. The highest BCUT2D eigenvalue weighted by Crippen LogP contribution is 2.39. The van der Waals surface area contributed by atoms with Gasteiger partial charge in [0, 0.05) is 24.1 Å². The third-order valence-electron chi connectivity index (χ3n) is 5.52. The lowest BCUT2D eigenvalue weighted by Gasteiger charge is -2.69. The second kappa shape index (κ2) is 8.12. The molecule has 1 aliphatic rings. The van der Waals surface area contributed by atoms with Crippen LogP contribution >= 0.6 is 0 Å². The Kier molecular flexibility index (Phi) is 5.92. The summed E-state index contributed by atoms with van der Waals surface area (Å²) in [5, 5.41) is -5.88. The van der Waals surface area contributed by atoms with Gasteiger partial charge < -0.3 is 14.1 Å². The molecule has 3 aromatic rings. The molecule has 1 amide bonds. The van der Waals surface area contributed by atoms with Gasteiger partial charge in [-0.1, -0.05) is 12.1 Å². The number of amides is 1. The number of morpholine rings is 1. The molecule has 34 heavy (non-hydrogen) atoms. The smallest absolute Gasteiger partial charge is 0.240 e. The topological polar surface area (TPSA) is 93.4 Å². The first-order valence-electron chi connectivity index (χ1n) is 9.92. The third-order valence-corrected chi connectivity index (χ3v) is 5.52. The minimum atomic E-state index is -2.31. The number of benzene rings is 1. The van der Waals surface area contributed by atoms with Gasteiger partial charge in [0.25, 0.3) is 0 Å². The quantitative estimate of drug-likeness (QED) is 0.470. The van der Waals surface area contributed by atoms with E-state index in [2.05, 4.69) is 20.3 Å². The monoisotopic (exact) mass is 433 g/mol. The van der Waals surface area contributed by atoms with E-state index in [-0.39, 0.29) is 5.95 Å². The van der Waals surface area contributed by atoms with E-state index in [1.54, 1.807) is 25.3 Å². The number of hydrogen-bond donors (Lipinski definition) is 1. The molecular formula is C18H11B8N5O3. The molecule has 1 N–H and O–H groups in total. The molecule has 16 radical (unpaired) electrons. The van der Waals surface area contributed by atoms with Crippen LogP contribution in [0.25, 0.3) is 22.2 Å². The van der Waals surface area contributed by atoms with Crippen molar-refractivity contribution in [3.63, 3.8) is 0 Å². The van der Waals surface area contributed by atoms with Crippen molar-refractivity contribution in [2.75, 3.05) is 11.9 Å². The van der Waals surface area contributed by atoms with E-state index in [0.29, 0.717) is 17.2 Å². The fourth-order valence-corrected chi connectivity index (χ4v) is 3.47. The van der Waals surface area contributed by atoms with Crippen LogP contribution in [0.3, 0.4) is 0 Å². The van der Waals surface area contributed by atoms with Crippen LogP contribution in [-0.2, 0) is 9.53 Å². The molecule has 0 spiro atoms.